The van der Waals surface area contributed by atoms with E-state index in [0.29, 0.717) is 19.6 Å². The fourth-order valence-corrected chi connectivity index (χ4v) is 2.44. The summed E-state index contributed by atoms with van der Waals surface area (Å²) >= 11 is 3.35. The maximum Gasteiger partial charge on any atom is 0.243 e. The molecule has 0 saturated carbocycles. The molecular formula is C14H17BrN2O3. The van der Waals surface area contributed by atoms with E-state index in [4.69, 9.17) is 4.74 Å². The molecule has 1 N–H and O–H groups in total. The highest BCUT2D eigenvalue weighted by molar-refractivity contribution is 9.10. The molecular weight excluding hydrogens is 324 g/mol. The van der Waals surface area contributed by atoms with Crippen LogP contribution in [0.15, 0.2) is 28.7 Å². The zero-order valence-electron chi connectivity index (χ0n) is 11.3. The average molecular weight is 341 g/mol. The van der Waals surface area contributed by atoms with Crippen LogP contribution in [-0.4, -0.2) is 42.5 Å². The average Bonchev–Trinajstić information content (AvgIpc) is 2.45. The fourth-order valence-electron chi connectivity index (χ4n) is 2.18. The highest BCUT2D eigenvalue weighted by atomic mass is 79.9. The third kappa shape index (κ3) is 3.50. The lowest BCUT2D eigenvalue weighted by Crippen LogP contribution is -2.58. The molecule has 108 valence electrons. The lowest BCUT2D eigenvalue weighted by atomic mass is 10.1. The van der Waals surface area contributed by atoms with Crippen molar-refractivity contribution in [2.75, 3.05) is 19.7 Å². The third-order valence-electron chi connectivity index (χ3n) is 3.21. The van der Waals surface area contributed by atoms with E-state index in [9.17, 15) is 9.59 Å². The van der Waals surface area contributed by atoms with Crippen molar-refractivity contribution < 1.29 is 14.3 Å². The molecule has 1 aliphatic heterocycles. The van der Waals surface area contributed by atoms with Gasteiger partial charge in [0.15, 0.2) is 0 Å². The lowest BCUT2D eigenvalue weighted by Gasteiger charge is -2.34. The first-order chi connectivity index (χ1) is 9.61. The van der Waals surface area contributed by atoms with E-state index in [-0.39, 0.29) is 24.4 Å². The van der Waals surface area contributed by atoms with Gasteiger partial charge in [0.25, 0.3) is 0 Å². The van der Waals surface area contributed by atoms with Crippen LogP contribution in [0.1, 0.15) is 13.3 Å². The van der Waals surface area contributed by atoms with Crippen molar-refractivity contribution in [1.29, 1.82) is 0 Å². The molecule has 1 heterocycles. The molecule has 6 heteroatoms. The number of halogens is 1. The summed E-state index contributed by atoms with van der Waals surface area (Å²) < 4.78 is 6.58. The smallest absolute Gasteiger partial charge is 0.243 e. The number of carbonyl (C=O) groups is 2. The molecule has 0 aromatic heterocycles. The number of hydrogen-bond acceptors (Lipinski definition) is 3. The minimum atomic E-state index is -0.384. The molecule has 1 atom stereocenters. The predicted octanol–water partition coefficient (Wildman–Crippen LogP) is 1.56. The Hall–Kier alpha value is -1.56. The van der Waals surface area contributed by atoms with Crippen LogP contribution in [-0.2, 0) is 9.59 Å². The van der Waals surface area contributed by atoms with E-state index < -0.39 is 0 Å². The summed E-state index contributed by atoms with van der Waals surface area (Å²) in [7, 11) is 0. The molecule has 2 rings (SSSR count). The Kier molecular flexibility index (Phi) is 5.00. The highest BCUT2D eigenvalue weighted by Crippen LogP contribution is 2.16. The molecule has 1 aromatic rings. The molecule has 0 radical (unpaired) electrons. The van der Waals surface area contributed by atoms with Crippen LogP contribution in [0.25, 0.3) is 0 Å². The first kappa shape index (κ1) is 14.8. The van der Waals surface area contributed by atoms with E-state index >= 15 is 0 Å². The summed E-state index contributed by atoms with van der Waals surface area (Å²) in [5.41, 5.74) is 0. The maximum absolute atomic E-state index is 11.8. The number of amides is 2. The van der Waals surface area contributed by atoms with Gasteiger partial charge in [-0.15, -0.1) is 0 Å². The quantitative estimate of drug-likeness (QED) is 0.884. The first-order valence-corrected chi connectivity index (χ1v) is 7.36. The summed E-state index contributed by atoms with van der Waals surface area (Å²) in [6.45, 7) is 2.76. The van der Waals surface area contributed by atoms with Gasteiger partial charge in [-0.25, -0.2) is 0 Å². The number of ether oxygens (including phenoxy) is 1. The van der Waals surface area contributed by atoms with Gasteiger partial charge in [-0.05, 0) is 30.7 Å². The summed E-state index contributed by atoms with van der Waals surface area (Å²) in [6.07, 6.45) is 0.607. The van der Waals surface area contributed by atoms with Crippen LogP contribution in [0.2, 0.25) is 0 Å². The summed E-state index contributed by atoms with van der Waals surface area (Å²) in [5.74, 6) is 0.599. The topological polar surface area (TPSA) is 58.6 Å². The Bertz CT molecular complexity index is 490. The van der Waals surface area contributed by atoms with Crippen LogP contribution in [0.4, 0.5) is 0 Å². The van der Waals surface area contributed by atoms with Crippen LogP contribution in [0, 0.1) is 0 Å². The highest BCUT2D eigenvalue weighted by Gasteiger charge is 2.32. The molecule has 1 fully saturated rings. The molecule has 5 nitrogen and oxygen atoms in total. The standard InChI is InChI=1S/C14H17BrN2O3/c1-2-12-14(19)16-9-13(18)17(12)7-8-20-11-5-3-10(15)4-6-11/h3-6,12H,2,7-9H2,1H3,(H,16,19). The SMILES string of the molecule is CCC1C(=O)NCC(=O)N1CCOc1ccc(Br)cc1. The Labute approximate surface area is 126 Å². The molecule has 0 bridgehead atoms. The normalized spacial score (nSPS) is 18.9. The number of nitrogens with one attached hydrogen (secondary N) is 1. The fraction of sp³-hybridized carbons (Fsp3) is 0.429. The minimum Gasteiger partial charge on any atom is -0.492 e. The number of carbonyl (C=O) groups excluding carboxylic acids is 2. The van der Waals surface area contributed by atoms with Crippen LogP contribution in [0.5, 0.6) is 5.75 Å². The molecule has 0 aliphatic carbocycles. The number of benzene rings is 1. The van der Waals surface area contributed by atoms with Gasteiger partial charge in [0.1, 0.15) is 18.4 Å². The van der Waals surface area contributed by atoms with Gasteiger partial charge in [-0.2, -0.15) is 0 Å². The van der Waals surface area contributed by atoms with Crippen LogP contribution >= 0.6 is 15.9 Å². The molecule has 1 aromatic carbocycles. The monoisotopic (exact) mass is 340 g/mol. The van der Waals surface area contributed by atoms with E-state index in [1.807, 2.05) is 31.2 Å². The Morgan fingerprint density at radius 3 is 2.70 bits per heavy atom. The van der Waals surface area contributed by atoms with Gasteiger partial charge in [0.2, 0.25) is 11.8 Å². The third-order valence-corrected chi connectivity index (χ3v) is 3.74. The second-order valence-corrected chi connectivity index (χ2v) is 5.45. The van der Waals surface area contributed by atoms with E-state index in [1.165, 1.54) is 0 Å². The maximum atomic E-state index is 11.8. The van der Waals surface area contributed by atoms with Gasteiger partial charge in [0, 0.05) is 4.47 Å². The van der Waals surface area contributed by atoms with Crippen molar-refractivity contribution in [3.8, 4) is 5.75 Å². The Morgan fingerprint density at radius 1 is 1.35 bits per heavy atom. The van der Waals surface area contributed by atoms with Crippen molar-refractivity contribution in [2.24, 2.45) is 0 Å². The summed E-state index contributed by atoms with van der Waals surface area (Å²) in [4.78, 5) is 25.1. The largest absolute Gasteiger partial charge is 0.492 e. The molecule has 1 saturated heterocycles. The van der Waals surface area contributed by atoms with Gasteiger partial charge in [0.05, 0.1) is 13.1 Å². The van der Waals surface area contributed by atoms with Gasteiger partial charge < -0.3 is 15.0 Å². The Balaban J connectivity index is 1.89. The van der Waals surface area contributed by atoms with Crippen molar-refractivity contribution in [2.45, 2.75) is 19.4 Å². The number of rotatable bonds is 5. The van der Waals surface area contributed by atoms with Crippen molar-refractivity contribution in [3.05, 3.63) is 28.7 Å². The predicted molar refractivity (Wildman–Crippen MR) is 78.4 cm³/mol. The van der Waals surface area contributed by atoms with Gasteiger partial charge in [-0.1, -0.05) is 22.9 Å². The van der Waals surface area contributed by atoms with Gasteiger partial charge in [-0.3, -0.25) is 9.59 Å². The van der Waals surface area contributed by atoms with E-state index in [1.54, 1.807) is 4.90 Å². The van der Waals surface area contributed by atoms with Crippen LogP contribution in [0.3, 0.4) is 0 Å². The van der Waals surface area contributed by atoms with E-state index in [2.05, 4.69) is 21.2 Å². The molecule has 1 unspecified atom stereocenters. The molecule has 0 spiro atoms. The lowest BCUT2D eigenvalue weighted by molar-refractivity contribution is -0.146. The zero-order chi connectivity index (χ0) is 14.5. The minimum absolute atomic E-state index is 0.0594. The molecule has 1 aliphatic rings. The van der Waals surface area contributed by atoms with E-state index in [0.717, 1.165) is 10.2 Å². The zero-order valence-corrected chi connectivity index (χ0v) is 12.9. The molecule has 20 heavy (non-hydrogen) atoms. The van der Waals surface area contributed by atoms with Crippen molar-refractivity contribution >= 4 is 27.7 Å². The molecule has 2 amide bonds. The van der Waals surface area contributed by atoms with Crippen molar-refractivity contribution in [1.82, 2.24) is 10.2 Å². The first-order valence-electron chi connectivity index (χ1n) is 6.57. The second-order valence-electron chi connectivity index (χ2n) is 4.53. The Morgan fingerprint density at radius 2 is 2.05 bits per heavy atom. The summed E-state index contributed by atoms with van der Waals surface area (Å²) in [6, 6.07) is 7.11. The number of nitrogens with zero attached hydrogens (tertiary/aromatic N) is 1. The summed E-state index contributed by atoms with van der Waals surface area (Å²) in [5, 5.41) is 2.60. The second kappa shape index (κ2) is 6.74. The number of piperazine rings is 1. The van der Waals surface area contributed by atoms with Gasteiger partial charge >= 0.3 is 0 Å². The number of hydrogen-bond donors (Lipinski definition) is 1. The van der Waals surface area contributed by atoms with Crippen LogP contribution < -0.4 is 10.1 Å². The van der Waals surface area contributed by atoms with Crippen molar-refractivity contribution in [3.63, 3.8) is 0 Å².